The van der Waals surface area contributed by atoms with E-state index in [9.17, 15) is 4.39 Å². The average molecular weight is 354 g/mol. The predicted octanol–water partition coefficient (Wildman–Crippen LogP) is 3.88. The van der Waals surface area contributed by atoms with E-state index >= 15 is 0 Å². The lowest BCUT2D eigenvalue weighted by atomic mass is 10.3. The van der Waals surface area contributed by atoms with Crippen molar-refractivity contribution in [3.8, 4) is 17.1 Å². The summed E-state index contributed by atoms with van der Waals surface area (Å²) in [5.41, 5.74) is 1.99. The van der Waals surface area contributed by atoms with Crippen LogP contribution in [0.1, 0.15) is 0 Å². The van der Waals surface area contributed by atoms with Crippen LogP contribution in [0.3, 0.4) is 0 Å². The molecule has 1 aromatic carbocycles. The van der Waals surface area contributed by atoms with Crippen molar-refractivity contribution in [1.29, 1.82) is 0 Å². The van der Waals surface area contributed by atoms with Gasteiger partial charge in [-0.05, 0) is 52.3 Å². The summed E-state index contributed by atoms with van der Waals surface area (Å²) < 4.78 is 15.3. The molecule has 0 radical (unpaired) electrons. The van der Waals surface area contributed by atoms with Crippen molar-refractivity contribution >= 4 is 27.5 Å². The molecule has 0 spiro atoms. The second kappa shape index (κ2) is 5.30. The fourth-order valence-corrected chi connectivity index (χ4v) is 2.27. The standard InChI is InChI=1S/C13H7BrClFN4/c14-10-7-20(9-3-1-8(16)2-4-9)19-13(10)11-5-6-12(15)18-17-11/h1-7H. The molecule has 7 heteroatoms. The van der Waals surface area contributed by atoms with Gasteiger partial charge < -0.3 is 0 Å². The Bertz CT molecular complexity index is 740. The Kier molecular flexibility index (Phi) is 3.50. The normalized spacial score (nSPS) is 10.8. The summed E-state index contributed by atoms with van der Waals surface area (Å²) >= 11 is 9.13. The molecule has 0 bridgehead atoms. The fraction of sp³-hybridized carbons (Fsp3) is 0. The fourth-order valence-electron chi connectivity index (χ4n) is 1.69. The lowest BCUT2D eigenvalue weighted by Gasteiger charge is -2.00. The third-order valence-electron chi connectivity index (χ3n) is 2.64. The van der Waals surface area contributed by atoms with Gasteiger partial charge in [0.05, 0.1) is 10.2 Å². The molecule has 0 aliphatic rings. The van der Waals surface area contributed by atoms with Crippen molar-refractivity contribution < 1.29 is 4.39 Å². The Labute approximate surface area is 127 Å². The molecular weight excluding hydrogens is 347 g/mol. The molecule has 0 atom stereocenters. The molecule has 3 rings (SSSR count). The van der Waals surface area contributed by atoms with Crippen LogP contribution in [0.25, 0.3) is 17.1 Å². The van der Waals surface area contributed by atoms with Crippen molar-refractivity contribution in [1.82, 2.24) is 20.0 Å². The number of rotatable bonds is 2. The van der Waals surface area contributed by atoms with Gasteiger partial charge in [-0.3, -0.25) is 0 Å². The summed E-state index contributed by atoms with van der Waals surface area (Å²) in [5, 5.41) is 12.5. The number of aromatic nitrogens is 4. The predicted molar refractivity (Wildman–Crippen MR) is 77.3 cm³/mol. The minimum Gasteiger partial charge on any atom is -0.239 e. The zero-order valence-electron chi connectivity index (χ0n) is 9.96. The first-order valence-electron chi connectivity index (χ1n) is 5.64. The van der Waals surface area contributed by atoms with E-state index in [-0.39, 0.29) is 5.82 Å². The number of nitrogens with zero attached hydrogens (tertiary/aromatic N) is 4. The Morgan fingerprint density at radius 1 is 1.05 bits per heavy atom. The Balaban J connectivity index is 2.02. The van der Waals surface area contributed by atoms with Crippen LogP contribution in [0.15, 0.2) is 47.1 Å². The van der Waals surface area contributed by atoms with Crippen LogP contribution in [-0.2, 0) is 0 Å². The topological polar surface area (TPSA) is 43.6 Å². The molecule has 2 heterocycles. The molecule has 2 aromatic heterocycles. The van der Waals surface area contributed by atoms with Crippen molar-refractivity contribution in [2.24, 2.45) is 0 Å². The van der Waals surface area contributed by atoms with Gasteiger partial charge in [0.15, 0.2) is 5.15 Å². The Morgan fingerprint density at radius 2 is 1.80 bits per heavy atom. The van der Waals surface area contributed by atoms with Gasteiger partial charge in [0.2, 0.25) is 0 Å². The van der Waals surface area contributed by atoms with Gasteiger partial charge in [-0.25, -0.2) is 9.07 Å². The number of hydrogen-bond acceptors (Lipinski definition) is 3. The van der Waals surface area contributed by atoms with Crippen molar-refractivity contribution in [3.63, 3.8) is 0 Å². The number of hydrogen-bond donors (Lipinski definition) is 0. The van der Waals surface area contributed by atoms with Crippen LogP contribution in [0.2, 0.25) is 5.15 Å². The van der Waals surface area contributed by atoms with E-state index in [1.807, 2.05) is 0 Å². The van der Waals surface area contributed by atoms with Crippen molar-refractivity contribution in [2.45, 2.75) is 0 Å². The summed E-state index contributed by atoms with van der Waals surface area (Å²) in [7, 11) is 0. The van der Waals surface area contributed by atoms with Gasteiger partial charge in [-0.15, -0.1) is 10.2 Å². The van der Waals surface area contributed by atoms with E-state index in [0.717, 1.165) is 10.2 Å². The molecule has 100 valence electrons. The summed E-state index contributed by atoms with van der Waals surface area (Å²) in [6.45, 7) is 0. The van der Waals surface area contributed by atoms with Gasteiger partial charge in [0.25, 0.3) is 0 Å². The molecule has 0 fully saturated rings. The molecule has 0 aliphatic heterocycles. The van der Waals surface area contributed by atoms with Crippen LogP contribution in [-0.4, -0.2) is 20.0 Å². The maximum Gasteiger partial charge on any atom is 0.151 e. The highest BCUT2D eigenvalue weighted by molar-refractivity contribution is 9.10. The van der Waals surface area contributed by atoms with Gasteiger partial charge in [-0.1, -0.05) is 11.6 Å². The first kappa shape index (κ1) is 13.2. The van der Waals surface area contributed by atoms with Crippen LogP contribution >= 0.6 is 27.5 Å². The van der Waals surface area contributed by atoms with Gasteiger partial charge in [0.1, 0.15) is 17.2 Å². The van der Waals surface area contributed by atoms with Crippen LogP contribution in [0.4, 0.5) is 4.39 Å². The van der Waals surface area contributed by atoms with Gasteiger partial charge >= 0.3 is 0 Å². The minimum absolute atomic E-state index is 0.288. The molecule has 0 saturated carbocycles. The number of benzene rings is 1. The van der Waals surface area contributed by atoms with E-state index in [1.165, 1.54) is 12.1 Å². The van der Waals surface area contributed by atoms with E-state index in [1.54, 1.807) is 35.1 Å². The number of halogens is 3. The maximum atomic E-state index is 12.9. The van der Waals surface area contributed by atoms with E-state index in [2.05, 4.69) is 31.2 Å². The highest BCUT2D eigenvalue weighted by Crippen LogP contribution is 2.26. The molecule has 4 nitrogen and oxygen atoms in total. The Hall–Kier alpha value is -1.79. The summed E-state index contributed by atoms with van der Waals surface area (Å²) in [4.78, 5) is 0. The minimum atomic E-state index is -0.288. The maximum absolute atomic E-state index is 12.9. The largest absolute Gasteiger partial charge is 0.239 e. The quantitative estimate of drug-likeness (QED) is 0.702. The smallest absolute Gasteiger partial charge is 0.151 e. The Morgan fingerprint density at radius 3 is 2.45 bits per heavy atom. The SMILES string of the molecule is Fc1ccc(-n2cc(Br)c(-c3ccc(Cl)nn3)n2)cc1. The molecule has 0 saturated heterocycles. The second-order valence-electron chi connectivity index (χ2n) is 3.99. The lowest BCUT2D eigenvalue weighted by Crippen LogP contribution is -1.95. The molecule has 3 aromatic rings. The van der Waals surface area contributed by atoms with Gasteiger partial charge in [-0.2, -0.15) is 5.10 Å². The molecule has 20 heavy (non-hydrogen) atoms. The molecule has 0 unspecified atom stereocenters. The molecule has 0 N–H and O–H groups in total. The zero-order valence-corrected chi connectivity index (χ0v) is 12.3. The van der Waals surface area contributed by atoms with Crippen molar-refractivity contribution in [2.75, 3.05) is 0 Å². The second-order valence-corrected chi connectivity index (χ2v) is 5.23. The van der Waals surface area contributed by atoms with Crippen LogP contribution in [0.5, 0.6) is 0 Å². The average Bonchev–Trinajstić information content (AvgIpc) is 2.82. The summed E-state index contributed by atoms with van der Waals surface area (Å²) in [6, 6.07) is 9.43. The molecular formula is C13H7BrClFN4. The first-order chi connectivity index (χ1) is 9.63. The van der Waals surface area contributed by atoms with E-state index in [4.69, 9.17) is 11.6 Å². The highest BCUT2D eigenvalue weighted by atomic mass is 79.9. The molecule has 0 amide bonds. The monoisotopic (exact) mass is 352 g/mol. The summed E-state index contributed by atoms with van der Waals surface area (Å²) in [6.07, 6.45) is 1.78. The third-order valence-corrected chi connectivity index (χ3v) is 3.42. The van der Waals surface area contributed by atoms with Crippen LogP contribution < -0.4 is 0 Å². The van der Waals surface area contributed by atoms with E-state index in [0.29, 0.717) is 16.5 Å². The highest BCUT2D eigenvalue weighted by Gasteiger charge is 2.12. The summed E-state index contributed by atoms with van der Waals surface area (Å²) in [5.74, 6) is -0.288. The first-order valence-corrected chi connectivity index (χ1v) is 6.81. The van der Waals surface area contributed by atoms with Crippen molar-refractivity contribution in [3.05, 3.63) is 58.0 Å². The lowest BCUT2D eigenvalue weighted by molar-refractivity contribution is 0.627. The molecule has 0 aliphatic carbocycles. The van der Waals surface area contributed by atoms with Gasteiger partial charge in [0, 0.05) is 6.20 Å². The van der Waals surface area contributed by atoms with Crippen LogP contribution in [0, 0.1) is 5.82 Å². The zero-order chi connectivity index (χ0) is 14.1. The third kappa shape index (κ3) is 2.57. The van der Waals surface area contributed by atoms with E-state index < -0.39 is 0 Å².